The average Bonchev–Trinajstić information content (AvgIpc) is 3.29. The second-order valence-electron chi connectivity index (χ2n) is 16.6. The van der Waals surface area contributed by atoms with E-state index in [1.165, 1.54) is 6.92 Å². The van der Waals surface area contributed by atoms with Gasteiger partial charge in [-0.1, -0.05) is 62.9 Å². The van der Waals surface area contributed by atoms with Crippen molar-refractivity contribution in [2.45, 2.75) is 152 Å². The van der Waals surface area contributed by atoms with Crippen molar-refractivity contribution >= 4 is 71.8 Å². The van der Waals surface area contributed by atoms with Crippen LogP contribution in [0.4, 0.5) is 0 Å². The molecule has 1 aromatic carbocycles. The van der Waals surface area contributed by atoms with Gasteiger partial charge in [0, 0.05) is 13.0 Å². The Kier molecular flexibility index (Phi) is 27.2. The molecule has 1 aromatic rings. The van der Waals surface area contributed by atoms with Crippen LogP contribution in [0.15, 0.2) is 35.3 Å². The minimum atomic E-state index is -1.86. The lowest BCUT2D eigenvalue weighted by molar-refractivity contribution is -0.141. The fourth-order valence-corrected chi connectivity index (χ4v) is 7.29. The number of hydrogen-bond acceptors (Lipinski definition) is 13. The lowest BCUT2D eigenvalue weighted by atomic mass is 10.0. The average molecular weight is 977 g/mol. The summed E-state index contributed by atoms with van der Waals surface area (Å²) >= 11 is 4.27. The molecule has 23 nitrogen and oxygen atoms in total. The lowest BCUT2D eigenvalue weighted by Crippen LogP contribution is -2.61. The Morgan fingerprint density at radius 1 is 0.588 bits per heavy atom. The van der Waals surface area contributed by atoms with Gasteiger partial charge in [0.2, 0.25) is 47.3 Å². The number of carboxylic acids is 1. The third kappa shape index (κ3) is 21.7. The van der Waals surface area contributed by atoms with Crippen LogP contribution in [0.5, 0.6) is 0 Å². The summed E-state index contributed by atoms with van der Waals surface area (Å²) in [6.45, 7) is 2.43. The van der Waals surface area contributed by atoms with Crippen molar-refractivity contribution in [1.82, 2.24) is 42.5 Å². The van der Waals surface area contributed by atoms with E-state index < -0.39 is 115 Å². The molecule has 1 heterocycles. The van der Waals surface area contributed by atoms with E-state index in [2.05, 4.69) is 60.2 Å². The summed E-state index contributed by atoms with van der Waals surface area (Å²) in [7, 11) is 0. The zero-order chi connectivity index (χ0) is 50.6. The van der Waals surface area contributed by atoms with Gasteiger partial charge >= 0.3 is 5.97 Å². The minimum Gasteiger partial charge on any atom is -0.481 e. The Bertz CT molecular complexity index is 1860. The van der Waals surface area contributed by atoms with Crippen LogP contribution < -0.4 is 59.7 Å². The van der Waals surface area contributed by atoms with Crippen LogP contribution in [0.1, 0.15) is 103 Å². The van der Waals surface area contributed by atoms with Crippen molar-refractivity contribution in [2.75, 3.05) is 25.4 Å². The summed E-state index contributed by atoms with van der Waals surface area (Å²) in [6.07, 6.45) is 2.90. The first kappa shape index (κ1) is 58.1. The van der Waals surface area contributed by atoms with E-state index in [0.29, 0.717) is 56.3 Å². The molecule has 16 N–H and O–H groups in total. The number of guanidine groups is 1. The molecule has 1 fully saturated rings. The predicted octanol–water partition coefficient (Wildman–Crippen LogP) is -2.53. The van der Waals surface area contributed by atoms with Crippen LogP contribution in [-0.4, -0.2) is 143 Å². The number of nitrogens with zero attached hydrogens (tertiary/aromatic N) is 1. The summed E-state index contributed by atoms with van der Waals surface area (Å²) in [6, 6.07) is -2.73. The quantitative estimate of drug-likeness (QED) is 0.0262. The van der Waals surface area contributed by atoms with E-state index >= 15 is 0 Å². The molecule has 0 spiro atoms. The van der Waals surface area contributed by atoms with Gasteiger partial charge in [0.1, 0.15) is 48.3 Å². The second kappa shape index (κ2) is 31.9. The molecular weight excluding hydrogens is 905 g/mol. The molecule has 380 valence electrons. The molecule has 0 saturated carbocycles. The number of thiol groups is 1. The highest BCUT2D eigenvalue weighted by Crippen LogP contribution is 2.12. The molecule has 1 aliphatic rings. The number of aliphatic hydroxyl groups excluding tert-OH is 1. The van der Waals surface area contributed by atoms with Crippen molar-refractivity contribution in [1.29, 1.82) is 0 Å². The van der Waals surface area contributed by atoms with Gasteiger partial charge in [-0.25, -0.2) is 0 Å². The second-order valence-corrected chi connectivity index (χ2v) is 17.0. The highest BCUT2D eigenvalue weighted by Gasteiger charge is 2.35. The number of amides is 8. The van der Waals surface area contributed by atoms with Crippen molar-refractivity contribution in [3.63, 3.8) is 0 Å². The van der Waals surface area contributed by atoms with Gasteiger partial charge in [-0.05, 0) is 76.2 Å². The van der Waals surface area contributed by atoms with Gasteiger partial charge < -0.3 is 69.9 Å². The Morgan fingerprint density at radius 2 is 1.03 bits per heavy atom. The zero-order valence-corrected chi connectivity index (χ0v) is 39.8. The van der Waals surface area contributed by atoms with Crippen molar-refractivity contribution in [3.05, 3.63) is 35.9 Å². The van der Waals surface area contributed by atoms with Gasteiger partial charge in [-0.15, -0.1) is 0 Å². The highest BCUT2D eigenvalue weighted by molar-refractivity contribution is 7.80. The van der Waals surface area contributed by atoms with Crippen LogP contribution in [0.25, 0.3) is 0 Å². The van der Waals surface area contributed by atoms with Gasteiger partial charge in [0.15, 0.2) is 5.96 Å². The first-order valence-electron chi connectivity index (χ1n) is 23.1. The molecule has 0 unspecified atom stereocenters. The molecule has 8 amide bonds. The predicted molar refractivity (Wildman–Crippen MR) is 255 cm³/mol. The van der Waals surface area contributed by atoms with E-state index in [1.54, 1.807) is 30.3 Å². The number of rotatable bonds is 21. The summed E-state index contributed by atoms with van der Waals surface area (Å²) < 4.78 is 0. The maximum atomic E-state index is 14.4. The fraction of sp³-hybridized carbons (Fsp3) is 0.636. The maximum Gasteiger partial charge on any atom is 0.305 e. The Hall–Kier alpha value is -6.01. The molecule has 1 aliphatic heterocycles. The highest BCUT2D eigenvalue weighted by atomic mass is 32.1. The number of carbonyl (C=O) groups excluding carboxylic acids is 8. The number of hydrogen-bond donors (Lipinski definition) is 14. The molecule has 0 radical (unpaired) electrons. The molecule has 0 bridgehead atoms. The van der Waals surface area contributed by atoms with Crippen LogP contribution in [0.3, 0.4) is 0 Å². The molecule has 1 saturated heterocycles. The third-order valence-electron chi connectivity index (χ3n) is 10.9. The normalized spacial score (nSPS) is 24.1. The number of nitrogens with two attached hydrogens (primary N) is 3. The van der Waals surface area contributed by atoms with Crippen molar-refractivity contribution in [3.8, 4) is 0 Å². The zero-order valence-electron chi connectivity index (χ0n) is 38.9. The van der Waals surface area contributed by atoms with E-state index in [1.807, 2.05) is 6.92 Å². The molecule has 2 rings (SSSR count). The number of aliphatic carboxylic acids is 1. The smallest absolute Gasteiger partial charge is 0.305 e. The van der Waals surface area contributed by atoms with Crippen LogP contribution in [0, 0.1) is 0 Å². The maximum absolute atomic E-state index is 14.4. The van der Waals surface area contributed by atoms with Crippen LogP contribution in [-0.2, 0) is 49.6 Å². The van der Waals surface area contributed by atoms with E-state index in [4.69, 9.17) is 17.2 Å². The molecule has 8 atom stereocenters. The number of carboxylic acid groups (broad SMARTS) is 1. The number of nitrogens with one attached hydrogen (secondary N) is 8. The van der Waals surface area contributed by atoms with Gasteiger partial charge in [-0.2, -0.15) is 12.6 Å². The standard InChI is InChI=1S/C44H72N12O11S/c1-3-4-16-28-38(62)50-29(18-10-11-20-45)37(61)49-26(2)36(60)56-34(25-57)43(67)55-33(24-35(58)59)42(66)53-31(19-13-21-48-44(46)47)39(63)51-30(17-9-6-12-22-68)40(64)54-32(41(65)52-28)23-27-14-7-5-8-15-27/h5,7-8,14-15,26,28-34,57,68H,3-4,6,9-13,16-25,45H2,1-2H3,(H,49,61)(H,50,62)(H,51,63)(H,52,65)(H,53,66)(H,54,64)(H,55,67)(H,56,60)(H,58,59)(H4,46,47,48)/t26-,28-,29-,30-,31-,32-,33-,34-/m0/s1. The summed E-state index contributed by atoms with van der Waals surface area (Å²) in [4.78, 5) is 127. The van der Waals surface area contributed by atoms with Gasteiger partial charge in [0.05, 0.1) is 13.0 Å². The molecular formula is C44H72N12O11S. The first-order valence-corrected chi connectivity index (χ1v) is 23.7. The SMILES string of the molecule is CCCC[C@@H]1NC(=O)[C@H](Cc2ccccc2)NC(=O)[C@H](CCCCCS)NC(=O)[C@H](CCCN=C(N)N)NC(=O)[C@H](CC(=O)O)NC(=O)[C@H](CO)NC(=O)[C@H](C)NC(=O)[C@H](CCCCN)NC1=O. The fourth-order valence-electron chi connectivity index (χ4n) is 7.06. The van der Waals surface area contributed by atoms with Gasteiger partial charge in [-0.3, -0.25) is 48.1 Å². The van der Waals surface area contributed by atoms with Gasteiger partial charge in [0.25, 0.3) is 0 Å². The Labute approximate surface area is 402 Å². The molecule has 0 aliphatic carbocycles. The first-order chi connectivity index (χ1) is 32.4. The third-order valence-corrected chi connectivity index (χ3v) is 11.2. The molecule has 0 aromatic heterocycles. The largest absolute Gasteiger partial charge is 0.481 e. The van der Waals surface area contributed by atoms with Crippen molar-refractivity contribution in [2.24, 2.45) is 22.2 Å². The van der Waals surface area contributed by atoms with E-state index in [-0.39, 0.29) is 57.6 Å². The van der Waals surface area contributed by atoms with Crippen LogP contribution >= 0.6 is 12.6 Å². The number of aliphatic imine (C=N–C) groups is 1. The van der Waals surface area contributed by atoms with E-state index in [0.717, 1.165) is 0 Å². The topological polar surface area (TPSA) is 381 Å². The lowest BCUT2D eigenvalue weighted by Gasteiger charge is -2.28. The summed E-state index contributed by atoms with van der Waals surface area (Å²) in [5.41, 5.74) is 17.3. The monoisotopic (exact) mass is 977 g/mol. The summed E-state index contributed by atoms with van der Waals surface area (Å²) in [5, 5.41) is 40.2. The number of aliphatic hydroxyl groups is 1. The molecule has 68 heavy (non-hydrogen) atoms. The summed E-state index contributed by atoms with van der Waals surface area (Å²) in [5.74, 6) is -8.42. The number of carbonyl (C=O) groups is 9. The number of benzene rings is 1. The van der Waals surface area contributed by atoms with E-state index in [9.17, 15) is 53.4 Å². The van der Waals surface area contributed by atoms with Crippen molar-refractivity contribution < 1.29 is 53.4 Å². The Balaban J connectivity index is 2.77. The number of unbranched alkanes of at least 4 members (excludes halogenated alkanes) is 4. The van der Waals surface area contributed by atoms with Crippen LogP contribution in [0.2, 0.25) is 0 Å². The minimum absolute atomic E-state index is 0.00413. The Morgan fingerprint density at radius 3 is 1.53 bits per heavy atom. The molecule has 24 heteroatoms.